The highest BCUT2D eigenvalue weighted by Gasteiger charge is 2.32. The Balaban J connectivity index is 1.39. The van der Waals surface area contributed by atoms with E-state index >= 15 is 0 Å². The molecule has 1 aromatic heterocycles. The normalized spacial score (nSPS) is 14.5. The fraction of sp³-hybridized carbons (Fsp3) is 0.114. The zero-order chi connectivity index (χ0) is 30.6. The summed E-state index contributed by atoms with van der Waals surface area (Å²) in [4.78, 5) is 33.0. The van der Waals surface area contributed by atoms with Crippen LogP contribution in [0.4, 0.5) is 10.1 Å². The first-order valence-corrected chi connectivity index (χ1v) is 14.7. The van der Waals surface area contributed by atoms with Crippen molar-refractivity contribution < 1.29 is 18.7 Å². The Hall–Kier alpha value is -5.28. The van der Waals surface area contributed by atoms with E-state index in [-0.39, 0.29) is 23.9 Å². The second-order valence-electron chi connectivity index (χ2n) is 10.2. The molecule has 6 rings (SSSR count). The molecule has 1 N–H and O–H groups in total. The predicted octanol–water partition coefficient (Wildman–Crippen LogP) is 5.60. The number of anilines is 1. The summed E-state index contributed by atoms with van der Waals surface area (Å²) in [6, 6.07) is 29.3. The van der Waals surface area contributed by atoms with Gasteiger partial charge in [0.15, 0.2) is 4.80 Å². The second-order valence-corrected chi connectivity index (χ2v) is 11.2. The Morgan fingerprint density at radius 1 is 0.977 bits per heavy atom. The number of fused-ring (bicyclic) bond motifs is 1. The molecule has 1 aliphatic heterocycles. The fourth-order valence-electron chi connectivity index (χ4n) is 5.05. The number of rotatable bonds is 8. The van der Waals surface area contributed by atoms with E-state index in [4.69, 9.17) is 14.5 Å². The van der Waals surface area contributed by atoms with Crippen LogP contribution in [0.5, 0.6) is 11.5 Å². The fourth-order valence-corrected chi connectivity index (χ4v) is 6.10. The molecule has 2 heterocycles. The van der Waals surface area contributed by atoms with Crippen LogP contribution >= 0.6 is 11.3 Å². The third-order valence-corrected chi connectivity index (χ3v) is 8.17. The number of allylic oxidation sites excluding steroid dienone is 1. The van der Waals surface area contributed by atoms with Crippen molar-refractivity contribution in [3.8, 4) is 11.5 Å². The maximum Gasteiger partial charge on any atom is 0.271 e. The molecule has 0 radical (unpaired) electrons. The number of ether oxygens (including phenoxy) is 2. The molecule has 1 atom stereocenters. The van der Waals surface area contributed by atoms with E-state index in [0.717, 1.165) is 16.7 Å². The van der Waals surface area contributed by atoms with Gasteiger partial charge in [0.1, 0.15) is 23.9 Å². The first kappa shape index (κ1) is 28.8. The number of hydrogen-bond donors (Lipinski definition) is 1. The number of halogens is 1. The molecule has 0 unspecified atom stereocenters. The van der Waals surface area contributed by atoms with Crippen LogP contribution in [0.1, 0.15) is 29.7 Å². The zero-order valence-corrected chi connectivity index (χ0v) is 24.8. The summed E-state index contributed by atoms with van der Waals surface area (Å²) in [5.74, 6) is 0.580. The average molecular weight is 606 g/mol. The summed E-state index contributed by atoms with van der Waals surface area (Å²) in [5, 5.41) is 2.96. The van der Waals surface area contributed by atoms with E-state index < -0.39 is 6.04 Å². The van der Waals surface area contributed by atoms with Crippen LogP contribution in [0, 0.1) is 5.82 Å². The van der Waals surface area contributed by atoms with Crippen LogP contribution in [0.25, 0.3) is 6.08 Å². The number of benzene rings is 4. The number of hydrogen-bond acceptors (Lipinski definition) is 6. The Morgan fingerprint density at radius 3 is 2.50 bits per heavy atom. The number of nitrogens with one attached hydrogen (secondary N) is 1. The van der Waals surface area contributed by atoms with Crippen LogP contribution in [0.15, 0.2) is 124 Å². The van der Waals surface area contributed by atoms with E-state index in [0.29, 0.717) is 37.8 Å². The molecule has 1 aliphatic rings. The van der Waals surface area contributed by atoms with Gasteiger partial charge in [-0.1, -0.05) is 65.9 Å². The summed E-state index contributed by atoms with van der Waals surface area (Å²) in [5.41, 5.74) is 3.60. The van der Waals surface area contributed by atoms with Crippen molar-refractivity contribution in [3.63, 3.8) is 0 Å². The molecule has 7 nitrogen and oxygen atoms in total. The molecule has 0 aliphatic carbocycles. The van der Waals surface area contributed by atoms with Crippen LogP contribution in [0.3, 0.4) is 0 Å². The number of nitrogens with zero attached hydrogens (tertiary/aromatic N) is 2. The predicted molar refractivity (Wildman–Crippen MR) is 169 cm³/mol. The topological polar surface area (TPSA) is 81.9 Å². The van der Waals surface area contributed by atoms with Crippen LogP contribution < -0.4 is 29.7 Å². The third kappa shape index (κ3) is 6.09. The largest absolute Gasteiger partial charge is 0.497 e. The molecule has 0 spiro atoms. The number of para-hydroxylation sites is 1. The van der Waals surface area contributed by atoms with Crippen LogP contribution in [-0.2, 0) is 11.4 Å². The van der Waals surface area contributed by atoms with Gasteiger partial charge < -0.3 is 14.8 Å². The minimum absolute atomic E-state index is 0.267. The lowest BCUT2D eigenvalue weighted by molar-refractivity contribution is -0.113. The highest BCUT2D eigenvalue weighted by molar-refractivity contribution is 7.07. The van der Waals surface area contributed by atoms with Crippen molar-refractivity contribution in [1.29, 1.82) is 0 Å². The molecule has 9 heteroatoms. The summed E-state index contributed by atoms with van der Waals surface area (Å²) in [7, 11) is 1.58. The molecule has 0 fully saturated rings. The van der Waals surface area contributed by atoms with Gasteiger partial charge in [-0.15, -0.1) is 0 Å². The minimum atomic E-state index is -0.724. The standard InChI is InChI=1S/C35H28FN3O4S/c1-22-31(33(40)38-27-10-4-3-5-11-27)32(25-9-7-12-28(20-25)42-2)39-34(41)30(44-35(39)37-22)19-24-8-6-13-29(18-24)43-21-23-14-16-26(36)17-15-23/h3-20,32H,21H2,1-2H3,(H,38,40)/b30-19-/t32-/m1/s1. The average Bonchev–Trinajstić information content (AvgIpc) is 3.34. The summed E-state index contributed by atoms with van der Waals surface area (Å²) in [6.07, 6.45) is 1.79. The van der Waals surface area contributed by atoms with Crippen molar-refractivity contribution in [3.05, 3.63) is 157 Å². The lowest BCUT2D eigenvalue weighted by Gasteiger charge is -2.25. The first-order valence-electron chi connectivity index (χ1n) is 13.9. The van der Waals surface area contributed by atoms with Gasteiger partial charge in [-0.3, -0.25) is 14.2 Å². The molecular weight excluding hydrogens is 577 g/mol. The number of methoxy groups -OCH3 is 1. The number of carbonyl (C=O) groups excluding carboxylic acids is 1. The number of carbonyl (C=O) groups is 1. The van der Waals surface area contributed by atoms with Gasteiger partial charge in [0.05, 0.1) is 29.0 Å². The molecule has 0 saturated carbocycles. The van der Waals surface area contributed by atoms with Crippen molar-refractivity contribution in [2.75, 3.05) is 12.4 Å². The number of amides is 1. The van der Waals surface area contributed by atoms with Gasteiger partial charge in [0.25, 0.3) is 11.5 Å². The highest BCUT2D eigenvalue weighted by atomic mass is 32.1. The summed E-state index contributed by atoms with van der Waals surface area (Å²) >= 11 is 1.26. The Labute approximate surface area is 256 Å². The van der Waals surface area contributed by atoms with E-state index in [1.165, 1.54) is 23.5 Å². The lowest BCUT2D eigenvalue weighted by atomic mass is 9.95. The molecule has 0 saturated heterocycles. The lowest BCUT2D eigenvalue weighted by Crippen LogP contribution is -2.40. The second kappa shape index (κ2) is 12.5. The number of aromatic nitrogens is 1. The van der Waals surface area contributed by atoms with Crippen molar-refractivity contribution >= 4 is 29.0 Å². The summed E-state index contributed by atoms with van der Waals surface area (Å²) < 4.78 is 26.7. The highest BCUT2D eigenvalue weighted by Crippen LogP contribution is 2.32. The van der Waals surface area contributed by atoms with E-state index in [2.05, 4.69) is 5.32 Å². The first-order chi connectivity index (χ1) is 21.4. The van der Waals surface area contributed by atoms with Crippen LogP contribution in [0.2, 0.25) is 0 Å². The van der Waals surface area contributed by atoms with E-state index in [1.807, 2.05) is 66.7 Å². The molecule has 5 aromatic rings. The molecule has 0 bridgehead atoms. The third-order valence-electron chi connectivity index (χ3n) is 7.18. The maximum atomic E-state index is 14.0. The quantitative estimate of drug-likeness (QED) is 0.250. The Kier molecular flexibility index (Phi) is 8.21. The summed E-state index contributed by atoms with van der Waals surface area (Å²) in [6.45, 7) is 2.06. The maximum absolute atomic E-state index is 14.0. The van der Waals surface area contributed by atoms with Crippen LogP contribution in [-0.4, -0.2) is 17.6 Å². The van der Waals surface area contributed by atoms with Crippen molar-refractivity contribution in [1.82, 2.24) is 4.57 Å². The smallest absolute Gasteiger partial charge is 0.271 e. The minimum Gasteiger partial charge on any atom is -0.497 e. The van der Waals surface area contributed by atoms with Crippen molar-refractivity contribution in [2.24, 2.45) is 4.99 Å². The Morgan fingerprint density at radius 2 is 1.73 bits per heavy atom. The monoisotopic (exact) mass is 605 g/mol. The zero-order valence-electron chi connectivity index (χ0n) is 24.0. The molecular formula is C35H28FN3O4S. The van der Waals surface area contributed by atoms with Gasteiger partial charge >= 0.3 is 0 Å². The molecule has 44 heavy (non-hydrogen) atoms. The van der Waals surface area contributed by atoms with Gasteiger partial charge in [-0.2, -0.15) is 0 Å². The molecule has 220 valence electrons. The molecule has 1 amide bonds. The van der Waals surface area contributed by atoms with E-state index in [1.54, 1.807) is 48.9 Å². The van der Waals surface area contributed by atoms with Gasteiger partial charge in [-0.05, 0) is 78.2 Å². The SMILES string of the molecule is COc1cccc([C@@H]2C(C(=O)Nc3ccccc3)=C(C)N=c3s/c(=C\c4cccc(OCc5ccc(F)cc5)c4)c(=O)n32)c1. The van der Waals surface area contributed by atoms with Gasteiger partial charge in [-0.25, -0.2) is 9.38 Å². The Bertz CT molecular complexity index is 2050. The van der Waals surface area contributed by atoms with Crippen molar-refractivity contribution in [2.45, 2.75) is 19.6 Å². The number of thiazole rings is 1. The molecule has 4 aromatic carbocycles. The van der Waals surface area contributed by atoms with Gasteiger partial charge in [0.2, 0.25) is 0 Å². The van der Waals surface area contributed by atoms with Gasteiger partial charge in [0, 0.05) is 5.69 Å². The van der Waals surface area contributed by atoms with E-state index in [9.17, 15) is 14.0 Å².